The molecule has 0 amide bonds. The third kappa shape index (κ3) is 5.43. The van der Waals surface area contributed by atoms with E-state index in [-0.39, 0.29) is 0 Å². The molecular formula is C17H30N4O2S2. The lowest BCUT2D eigenvalue weighted by atomic mass is 10.3. The number of rotatable bonds is 9. The maximum absolute atomic E-state index is 12.5. The van der Waals surface area contributed by atoms with Gasteiger partial charge >= 0.3 is 0 Å². The third-order valence-electron chi connectivity index (χ3n) is 4.34. The highest BCUT2D eigenvalue weighted by molar-refractivity contribution is 7.91. The van der Waals surface area contributed by atoms with E-state index in [1.807, 2.05) is 19.9 Å². The van der Waals surface area contributed by atoms with Crippen molar-refractivity contribution in [3.8, 4) is 0 Å². The molecule has 1 aromatic heterocycles. The molecule has 142 valence electrons. The summed E-state index contributed by atoms with van der Waals surface area (Å²) in [5, 5.41) is 6.69. The van der Waals surface area contributed by atoms with Crippen LogP contribution >= 0.6 is 11.3 Å². The molecule has 1 fully saturated rings. The maximum Gasteiger partial charge on any atom is 0.252 e. The fourth-order valence-corrected chi connectivity index (χ4v) is 5.58. The van der Waals surface area contributed by atoms with Crippen molar-refractivity contribution in [1.29, 1.82) is 0 Å². The van der Waals surface area contributed by atoms with Gasteiger partial charge in [-0.1, -0.05) is 20.8 Å². The topological polar surface area (TPSA) is 73.8 Å². The van der Waals surface area contributed by atoms with Gasteiger partial charge < -0.3 is 10.6 Å². The van der Waals surface area contributed by atoms with Crippen molar-refractivity contribution < 1.29 is 8.42 Å². The molecule has 1 aliphatic rings. The molecule has 0 aromatic carbocycles. The van der Waals surface area contributed by atoms with E-state index in [0.717, 1.165) is 23.8 Å². The molecule has 0 bridgehead atoms. The molecule has 8 heteroatoms. The Morgan fingerprint density at radius 2 is 2.00 bits per heavy atom. The number of nitrogens with zero attached hydrogens (tertiary/aromatic N) is 2. The first kappa shape index (κ1) is 20.2. The van der Waals surface area contributed by atoms with E-state index in [1.165, 1.54) is 22.1 Å². The van der Waals surface area contributed by atoms with Gasteiger partial charge in [-0.3, -0.25) is 4.99 Å². The second-order valence-electron chi connectivity index (χ2n) is 6.28. The Labute approximate surface area is 155 Å². The summed E-state index contributed by atoms with van der Waals surface area (Å²) in [6.45, 7) is 10.5. The van der Waals surface area contributed by atoms with Crippen LogP contribution in [0.3, 0.4) is 0 Å². The fourth-order valence-electron chi connectivity index (χ4n) is 2.62. The van der Waals surface area contributed by atoms with Crippen LogP contribution in [0.25, 0.3) is 0 Å². The van der Waals surface area contributed by atoms with Crippen molar-refractivity contribution in [2.75, 3.05) is 26.2 Å². The molecule has 2 N–H and O–H groups in total. The van der Waals surface area contributed by atoms with E-state index in [4.69, 9.17) is 0 Å². The minimum absolute atomic E-state index is 0.423. The smallest absolute Gasteiger partial charge is 0.252 e. The average molecular weight is 387 g/mol. The van der Waals surface area contributed by atoms with Crippen molar-refractivity contribution in [3.05, 3.63) is 17.0 Å². The van der Waals surface area contributed by atoms with Gasteiger partial charge in [-0.05, 0) is 31.4 Å². The first-order chi connectivity index (χ1) is 11.9. The Balaban J connectivity index is 1.95. The van der Waals surface area contributed by atoms with Crippen LogP contribution in [-0.2, 0) is 16.4 Å². The maximum atomic E-state index is 12.5. The van der Waals surface area contributed by atoms with E-state index < -0.39 is 10.0 Å². The summed E-state index contributed by atoms with van der Waals surface area (Å²) in [4.78, 5) is 5.65. The van der Waals surface area contributed by atoms with Crippen molar-refractivity contribution >= 4 is 27.3 Å². The molecular weight excluding hydrogens is 356 g/mol. The quantitative estimate of drug-likeness (QED) is 0.504. The number of aliphatic imine (C=N–C) groups is 1. The summed E-state index contributed by atoms with van der Waals surface area (Å²) >= 11 is 1.35. The van der Waals surface area contributed by atoms with Crippen molar-refractivity contribution in [2.45, 2.75) is 50.8 Å². The minimum atomic E-state index is -3.35. The van der Waals surface area contributed by atoms with Crippen LogP contribution in [0.4, 0.5) is 0 Å². The number of hydrogen-bond acceptors (Lipinski definition) is 4. The van der Waals surface area contributed by atoms with Gasteiger partial charge in [-0.2, -0.15) is 4.31 Å². The Bertz CT molecular complexity index is 681. The molecule has 2 atom stereocenters. The lowest BCUT2D eigenvalue weighted by Crippen LogP contribution is -2.39. The highest BCUT2D eigenvalue weighted by atomic mass is 32.2. The third-order valence-corrected chi connectivity index (χ3v) is 8.00. The highest BCUT2D eigenvalue weighted by Crippen LogP contribution is 2.28. The number of nitrogens with one attached hydrogen (secondary N) is 2. The van der Waals surface area contributed by atoms with Gasteiger partial charge in [-0.25, -0.2) is 8.42 Å². The molecule has 2 unspecified atom stereocenters. The van der Waals surface area contributed by atoms with Crippen LogP contribution in [0.2, 0.25) is 0 Å². The number of hydrogen-bond donors (Lipinski definition) is 2. The van der Waals surface area contributed by atoms with Gasteiger partial charge in [0, 0.05) is 43.5 Å². The van der Waals surface area contributed by atoms with Crippen LogP contribution in [0.5, 0.6) is 0 Å². The minimum Gasteiger partial charge on any atom is -0.357 e. The first-order valence-corrected chi connectivity index (χ1v) is 11.3. The molecule has 0 spiro atoms. The monoisotopic (exact) mass is 386 g/mol. The van der Waals surface area contributed by atoms with Crippen molar-refractivity contribution in [2.24, 2.45) is 10.9 Å². The average Bonchev–Trinajstić information content (AvgIpc) is 3.06. The molecule has 6 nitrogen and oxygen atoms in total. The summed E-state index contributed by atoms with van der Waals surface area (Å²) in [6.07, 6.45) is 1.94. The predicted octanol–water partition coefficient (Wildman–Crippen LogP) is 2.28. The van der Waals surface area contributed by atoms with E-state index in [9.17, 15) is 8.42 Å². The Morgan fingerprint density at radius 1 is 1.32 bits per heavy atom. The van der Waals surface area contributed by atoms with E-state index in [0.29, 0.717) is 35.8 Å². The van der Waals surface area contributed by atoms with Gasteiger partial charge in [0.25, 0.3) is 10.0 Å². The molecule has 1 saturated carbocycles. The number of guanidine groups is 1. The fraction of sp³-hybridized carbons (Fsp3) is 0.706. The molecule has 0 aliphatic heterocycles. The molecule has 0 saturated heterocycles. The van der Waals surface area contributed by atoms with Crippen LogP contribution in [0, 0.1) is 5.92 Å². The summed E-state index contributed by atoms with van der Waals surface area (Å²) in [5.41, 5.74) is 0. The number of sulfonamides is 1. The van der Waals surface area contributed by atoms with E-state index in [2.05, 4.69) is 29.5 Å². The zero-order chi connectivity index (χ0) is 18.4. The lowest BCUT2D eigenvalue weighted by Gasteiger charge is -2.16. The van der Waals surface area contributed by atoms with Gasteiger partial charge in [0.1, 0.15) is 4.21 Å². The summed E-state index contributed by atoms with van der Waals surface area (Å²) in [5.74, 6) is 1.57. The highest BCUT2D eigenvalue weighted by Gasteiger charge is 2.33. The largest absolute Gasteiger partial charge is 0.357 e. The molecule has 2 rings (SSSR count). The molecule has 1 aromatic rings. The normalized spacial score (nSPS) is 20.8. The predicted molar refractivity (Wildman–Crippen MR) is 105 cm³/mol. The second kappa shape index (κ2) is 9.00. The second-order valence-corrected chi connectivity index (χ2v) is 9.62. The van der Waals surface area contributed by atoms with Crippen LogP contribution in [-0.4, -0.2) is 50.9 Å². The van der Waals surface area contributed by atoms with E-state index in [1.54, 1.807) is 6.07 Å². The van der Waals surface area contributed by atoms with Crippen LogP contribution < -0.4 is 10.6 Å². The van der Waals surface area contributed by atoms with Gasteiger partial charge in [0.15, 0.2) is 5.96 Å². The van der Waals surface area contributed by atoms with Gasteiger partial charge in [0.2, 0.25) is 0 Å². The SMILES string of the molecule is CCNC(=NCCc1ccc(S(=O)(=O)N(CC)CC)s1)NC1CC1C. The lowest BCUT2D eigenvalue weighted by molar-refractivity contribution is 0.447. The van der Waals surface area contributed by atoms with Gasteiger partial charge in [0.05, 0.1) is 0 Å². The van der Waals surface area contributed by atoms with Crippen molar-refractivity contribution in [3.63, 3.8) is 0 Å². The Kier molecular flexibility index (Phi) is 7.27. The van der Waals surface area contributed by atoms with E-state index >= 15 is 0 Å². The molecule has 0 radical (unpaired) electrons. The van der Waals surface area contributed by atoms with Gasteiger partial charge in [-0.15, -0.1) is 11.3 Å². The first-order valence-electron chi connectivity index (χ1n) is 9.06. The summed E-state index contributed by atoms with van der Waals surface area (Å²) < 4.78 is 27.0. The summed E-state index contributed by atoms with van der Waals surface area (Å²) in [6, 6.07) is 4.15. The molecule has 1 aliphatic carbocycles. The van der Waals surface area contributed by atoms with Crippen LogP contribution in [0.1, 0.15) is 39.0 Å². The Morgan fingerprint density at radius 3 is 2.56 bits per heavy atom. The molecule has 25 heavy (non-hydrogen) atoms. The van der Waals surface area contributed by atoms with Crippen LogP contribution in [0.15, 0.2) is 21.3 Å². The zero-order valence-electron chi connectivity index (χ0n) is 15.6. The number of thiophene rings is 1. The zero-order valence-corrected chi connectivity index (χ0v) is 17.2. The summed E-state index contributed by atoms with van der Waals surface area (Å²) in [7, 11) is -3.35. The molecule has 1 heterocycles. The Hall–Kier alpha value is -1.12. The standard InChI is InChI=1S/C17H30N4O2S2/c1-5-18-17(20-15-12-13(15)4)19-11-10-14-8-9-16(24-14)25(22,23)21(6-2)7-3/h8-9,13,15H,5-7,10-12H2,1-4H3,(H2,18,19,20). The van der Waals surface area contributed by atoms with Crippen molar-refractivity contribution in [1.82, 2.24) is 14.9 Å².